The first-order valence-corrected chi connectivity index (χ1v) is 17.3. The van der Waals surface area contributed by atoms with E-state index in [1.165, 1.54) is 0 Å². The van der Waals surface area contributed by atoms with Gasteiger partial charge in [-0.05, 0) is 49.7 Å². The molecule has 0 saturated heterocycles. The van der Waals surface area contributed by atoms with E-state index >= 15 is 0 Å². The summed E-state index contributed by atoms with van der Waals surface area (Å²) in [5.74, 6) is -2.58. The van der Waals surface area contributed by atoms with Gasteiger partial charge in [-0.2, -0.15) is 0 Å². The minimum Gasteiger partial charge on any atom is -0.482 e. The quantitative estimate of drug-likeness (QED) is 0.217. The lowest BCUT2D eigenvalue weighted by Crippen LogP contribution is -2.71. The third-order valence-electron chi connectivity index (χ3n) is 11.0. The third kappa shape index (κ3) is 6.46. The summed E-state index contributed by atoms with van der Waals surface area (Å²) in [6.07, 6.45) is 2.09. The Kier molecular flexibility index (Phi) is 10.3. The zero-order valence-corrected chi connectivity index (χ0v) is 29.4. The molecule has 2 fully saturated rings. The molecule has 266 valence electrons. The van der Waals surface area contributed by atoms with Crippen LogP contribution in [-0.4, -0.2) is 53.3 Å². The highest BCUT2D eigenvalue weighted by atomic mass is 16.6. The maximum atomic E-state index is 14.0. The average Bonchev–Trinajstić information content (AvgIpc) is 3.09. The summed E-state index contributed by atoms with van der Waals surface area (Å²) < 4.78 is 36.9. The number of fused-ring (bicyclic) bond motifs is 4. The van der Waals surface area contributed by atoms with Crippen LogP contribution in [0.1, 0.15) is 105 Å². The molecule has 3 heterocycles. The van der Waals surface area contributed by atoms with E-state index < -0.39 is 70.1 Å². The van der Waals surface area contributed by atoms with Crippen molar-refractivity contribution in [2.45, 2.75) is 117 Å². The number of carbonyl (C=O) groups is 4. The fourth-order valence-corrected chi connectivity index (χ4v) is 8.52. The molecule has 0 radical (unpaired) electrons. The van der Waals surface area contributed by atoms with Crippen molar-refractivity contribution in [3.8, 4) is 17.1 Å². The van der Waals surface area contributed by atoms with Crippen LogP contribution in [0.2, 0.25) is 0 Å². The molecule has 12 heteroatoms. The van der Waals surface area contributed by atoms with Crippen molar-refractivity contribution in [1.82, 2.24) is 4.98 Å². The Bertz CT molecular complexity index is 1640. The summed E-state index contributed by atoms with van der Waals surface area (Å²) in [5.41, 5.74) is -3.16. The molecular formula is C37H47NO11. The van der Waals surface area contributed by atoms with Crippen LogP contribution in [0.5, 0.6) is 5.75 Å². The van der Waals surface area contributed by atoms with Gasteiger partial charge in [-0.3, -0.25) is 24.2 Å². The van der Waals surface area contributed by atoms with Crippen LogP contribution in [0.3, 0.4) is 0 Å². The maximum Gasteiger partial charge on any atom is 0.347 e. The first kappa shape index (κ1) is 36.1. The smallest absolute Gasteiger partial charge is 0.347 e. The van der Waals surface area contributed by atoms with E-state index in [1.807, 2.05) is 20.8 Å². The Hall–Kier alpha value is -4.22. The summed E-state index contributed by atoms with van der Waals surface area (Å²) in [6, 6.07) is 5.04. The van der Waals surface area contributed by atoms with Crippen molar-refractivity contribution in [2.24, 2.45) is 22.7 Å². The molecule has 12 nitrogen and oxygen atoms in total. The number of ether oxygens (including phenoxy) is 5. The molecule has 8 atom stereocenters. The number of pyridine rings is 1. The van der Waals surface area contributed by atoms with Crippen molar-refractivity contribution >= 4 is 23.9 Å². The summed E-state index contributed by atoms with van der Waals surface area (Å²) in [5, 5.41) is 0. The molecule has 1 aliphatic heterocycles. The Morgan fingerprint density at radius 2 is 1.53 bits per heavy atom. The molecule has 5 rings (SSSR count). The number of esters is 4. The second kappa shape index (κ2) is 14.0. The van der Waals surface area contributed by atoms with Crippen molar-refractivity contribution in [3.63, 3.8) is 0 Å². The average molecular weight is 682 g/mol. The number of hydrogen-bond donors (Lipinski definition) is 0. The van der Waals surface area contributed by atoms with Crippen molar-refractivity contribution in [3.05, 3.63) is 46.6 Å². The summed E-state index contributed by atoms with van der Waals surface area (Å²) in [6.45, 7) is 12.5. The highest BCUT2D eigenvalue weighted by molar-refractivity contribution is 5.71. The first-order valence-electron chi connectivity index (χ1n) is 17.3. The van der Waals surface area contributed by atoms with Crippen LogP contribution in [-0.2, 0) is 38.1 Å². The first-order chi connectivity index (χ1) is 23.2. The molecule has 0 bridgehead atoms. The largest absolute Gasteiger partial charge is 0.482 e. The number of aromatic nitrogens is 1. The molecule has 0 aromatic carbocycles. The van der Waals surface area contributed by atoms with Gasteiger partial charge in [-0.25, -0.2) is 4.79 Å². The Morgan fingerprint density at radius 3 is 2.14 bits per heavy atom. The zero-order chi connectivity index (χ0) is 35.7. The fraction of sp³-hybridized carbons (Fsp3) is 0.622. The van der Waals surface area contributed by atoms with E-state index in [4.69, 9.17) is 28.1 Å². The summed E-state index contributed by atoms with van der Waals surface area (Å²) >= 11 is 0. The molecule has 49 heavy (non-hydrogen) atoms. The van der Waals surface area contributed by atoms with Gasteiger partial charge in [-0.1, -0.05) is 41.5 Å². The van der Waals surface area contributed by atoms with E-state index in [9.17, 15) is 24.0 Å². The van der Waals surface area contributed by atoms with E-state index in [-0.39, 0.29) is 61.8 Å². The molecule has 2 aromatic heterocycles. The van der Waals surface area contributed by atoms with Gasteiger partial charge < -0.3 is 28.1 Å². The zero-order valence-electron chi connectivity index (χ0n) is 29.4. The predicted octanol–water partition coefficient (Wildman–Crippen LogP) is 5.89. The Morgan fingerprint density at radius 1 is 0.898 bits per heavy atom. The van der Waals surface area contributed by atoms with E-state index in [0.29, 0.717) is 18.4 Å². The topological polar surface area (TPSA) is 158 Å². The van der Waals surface area contributed by atoms with E-state index in [2.05, 4.69) is 4.98 Å². The van der Waals surface area contributed by atoms with E-state index in [1.54, 1.807) is 58.3 Å². The van der Waals surface area contributed by atoms with Crippen molar-refractivity contribution in [2.75, 3.05) is 6.61 Å². The molecule has 2 saturated carbocycles. The second-order valence-corrected chi connectivity index (χ2v) is 14.0. The number of nitrogens with zero attached hydrogens (tertiary/aromatic N) is 1. The van der Waals surface area contributed by atoms with Gasteiger partial charge in [0.05, 0.1) is 0 Å². The highest BCUT2D eigenvalue weighted by Crippen LogP contribution is 2.68. The number of hydrogen-bond acceptors (Lipinski definition) is 12. The normalized spacial score (nSPS) is 31.5. The molecule has 0 spiro atoms. The van der Waals surface area contributed by atoms with Crippen LogP contribution < -0.4 is 10.4 Å². The minimum atomic E-state index is -1.30. The lowest BCUT2D eigenvalue weighted by Gasteiger charge is -2.66. The SMILES string of the molecule is CCC(=O)OC[C@@]1(C)C2C[C@H](OC(=O)CC)[C@@]3(C)Oc4cc(-c5cccnc5)oc(=O)c4C(OC(=O)CC)C3[C@@]2(C)CC[C@@H]1OC(=O)CC. The van der Waals surface area contributed by atoms with Gasteiger partial charge in [0.1, 0.15) is 42.0 Å². The van der Waals surface area contributed by atoms with E-state index in [0.717, 1.165) is 0 Å². The lowest BCUT2D eigenvalue weighted by atomic mass is 9.42. The third-order valence-corrected chi connectivity index (χ3v) is 11.0. The van der Waals surface area contributed by atoms with Crippen LogP contribution in [0.25, 0.3) is 11.3 Å². The maximum absolute atomic E-state index is 14.0. The van der Waals surface area contributed by atoms with Gasteiger partial charge in [-0.15, -0.1) is 0 Å². The Balaban J connectivity index is 1.73. The van der Waals surface area contributed by atoms with Gasteiger partial charge in [0.2, 0.25) is 0 Å². The number of carbonyl (C=O) groups excluding carboxylic acids is 4. The van der Waals surface area contributed by atoms with Crippen molar-refractivity contribution < 1.29 is 47.3 Å². The summed E-state index contributed by atoms with van der Waals surface area (Å²) in [4.78, 5) is 69.6. The minimum absolute atomic E-state index is 0.0450. The van der Waals surface area contributed by atoms with Gasteiger partial charge in [0, 0.05) is 61.0 Å². The monoisotopic (exact) mass is 681 g/mol. The molecule has 2 aromatic rings. The van der Waals surface area contributed by atoms with Crippen LogP contribution >= 0.6 is 0 Å². The van der Waals surface area contributed by atoms with Crippen LogP contribution in [0.4, 0.5) is 0 Å². The lowest BCUT2D eigenvalue weighted by molar-refractivity contribution is -0.273. The molecular weight excluding hydrogens is 634 g/mol. The Labute approximate surface area is 286 Å². The van der Waals surface area contributed by atoms with Crippen LogP contribution in [0.15, 0.2) is 39.8 Å². The van der Waals surface area contributed by atoms with Crippen molar-refractivity contribution in [1.29, 1.82) is 0 Å². The standard InChI is InChI=1S/C37H47NO11/c1-8-27(39)44-20-36(6)24-18-26(47-29(41)10-3)37(7)33(35(24,5)15-14-25(36)46-28(40)9-2)32(48-30(42)11-4)31-23(49-37)17-22(45-34(31)43)21-13-12-16-38-19-21/h12-13,16-17,19,24-26,32-33H,8-11,14-15,18,20H2,1-7H3/t24?,25-,26-,32?,33?,35-,36-,37+/m0/s1. The van der Waals surface area contributed by atoms with Gasteiger partial charge >= 0.3 is 29.5 Å². The molecule has 0 amide bonds. The molecule has 0 N–H and O–H groups in total. The van der Waals surface area contributed by atoms with Gasteiger partial charge in [0.25, 0.3) is 0 Å². The van der Waals surface area contributed by atoms with Gasteiger partial charge in [0.15, 0.2) is 5.60 Å². The molecule has 3 unspecified atom stereocenters. The molecule has 2 aliphatic carbocycles. The van der Waals surface area contributed by atoms with Crippen LogP contribution in [0, 0.1) is 22.7 Å². The molecule has 3 aliphatic rings. The summed E-state index contributed by atoms with van der Waals surface area (Å²) in [7, 11) is 0. The fourth-order valence-electron chi connectivity index (χ4n) is 8.52. The highest BCUT2D eigenvalue weighted by Gasteiger charge is 2.71. The second-order valence-electron chi connectivity index (χ2n) is 14.0. The predicted molar refractivity (Wildman–Crippen MR) is 175 cm³/mol. The number of rotatable bonds is 10.